The van der Waals surface area contributed by atoms with Crippen LogP contribution < -0.4 is 4.74 Å². The lowest BCUT2D eigenvalue weighted by molar-refractivity contribution is -0.134. The maximum Gasteiger partial charge on any atom is 0.311 e. The van der Waals surface area contributed by atoms with Crippen molar-refractivity contribution in [3.05, 3.63) is 29.8 Å². The Balaban J connectivity index is 2.49. The lowest BCUT2D eigenvalue weighted by Crippen LogP contribution is -2.07. The van der Waals surface area contributed by atoms with Crippen molar-refractivity contribution in [2.75, 3.05) is 0 Å². The van der Waals surface area contributed by atoms with Gasteiger partial charge >= 0.3 is 5.97 Å². The van der Waals surface area contributed by atoms with Gasteiger partial charge in [-0.15, -0.1) is 0 Å². The van der Waals surface area contributed by atoms with E-state index in [1.165, 1.54) is 0 Å². The first-order valence-electron chi connectivity index (χ1n) is 5.02. The van der Waals surface area contributed by atoms with Gasteiger partial charge in [0.1, 0.15) is 12.0 Å². The van der Waals surface area contributed by atoms with Gasteiger partial charge in [0.15, 0.2) is 0 Å². The minimum atomic E-state index is -0.226. The highest BCUT2D eigenvalue weighted by Crippen LogP contribution is 2.12. The molecule has 3 nitrogen and oxygen atoms in total. The standard InChI is InChI=1S/C12H14O3/c1-2-3-4-12(14)15-11-7-5-10(9-13)6-8-11/h5-9H,2-4H2,1H3. The Kier molecular flexibility index (Phi) is 4.54. The lowest BCUT2D eigenvalue weighted by Gasteiger charge is -2.03. The highest BCUT2D eigenvalue weighted by Gasteiger charge is 2.03. The van der Waals surface area contributed by atoms with E-state index in [-0.39, 0.29) is 5.97 Å². The summed E-state index contributed by atoms with van der Waals surface area (Å²) in [7, 11) is 0. The van der Waals surface area contributed by atoms with Crippen LogP contribution in [-0.2, 0) is 4.79 Å². The van der Waals surface area contributed by atoms with Crippen LogP contribution in [0.5, 0.6) is 5.75 Å². The summed E-state index contributed by atoms with van der Waals surface area (Å²) in [5.41, 5.74) is 0.573. The van der Waals surface area contributed by atoms with Crippen LogP contribution in [0, 0.1) is 0 Å². The van der Waals surface area contributed by atoms with Crippen LogP contribution in [0.15, 0.2) is 24.3 Å². The zero-order valence-corrected chi connectivity index (χ0v) is 8.73. The predicted molar refractivity (Wildman–Crippen MR) is 57.0 cm³/mol. The summed E-state index contributed by atoms with van der Waals surface area (Å²) in [6.45, 7) is 2.02. The SMILES string of the molecule is CCCCC(=O)Oc1ccc(C=O)cc1. The van der Waals surface area contributed by atoms with Crippen LogP contribution in [0.2, 0.25) is 0 Å². The van der Waals surface area contributed by atoms with E-state index in [2.05, 4.69) is 0 Å². The van der Waals surface area contributed by atoms with Gasteiger partial charge in [-0.05, 0) is 30.7 Å². The molecule has 0 atom stereocenters. The molecule has 0 fully saturated rings. The van der Waals surface area contributed by atoms with Crippen LogP contribution in [0.1, 0.15) is 36.5 Å². The smallest absolute Gasteiger partial charge is 0.311 e. The molecule has 0 unspecified atom stereocenters. The molecule has 0 N–H and O–H groups in total. The van der Waals surface area contributed by atoms with Crippen molar-refractivity contribution in [3.8, 4) is 5.75 Å². The quantitative estimate of drug-likeness (QED) is 0.422. The number of aldehydes is 1. The van der Waals surface area contributed by atoms with Gasteiger partial charge in [0.2, 0.25) is 0 Å². The lowest BCUT2D eigenvalue weighted by atomic mass is 10.2. The molecular formula is C12H14O3. The molecule has 0 aromatic heterocycles. The molecule has 3 heteroatoms. The number of esters is 1. The number of hydrogen-bond acceptors (Lipinski definition) is 3. The summed E-state index contributed by atoms with van der Waals surface area (Å²) in [5.74, 6) is 0.261. The second-order valence-electron chi connectivity index (χ2n) is 3.26. The van der Waals surface area contributed by atoms with Crippen molar-refractivity contribution >= 4 is 12.3 Å². The number of carbonyl (C=O) groups is 2. The molecule has 0 amide bonds. The summed E-state index contributed by atoms with van der Waals surface area (Å²) < 4.78 is 5.06. The molecule has 0 saturated heterocycles. The van der Waals surface area contributed by atoms with Gasteiger partial charge < -0.3 is 4.74 Å². The molecule has 0 radical (unpaired) electrons. The van der Waals surface area contributed by atoms with E-state index in [1.807, 2.05) is 6.92 Å². The Morgan fingerprint density at radius 3 is 2.53 bits per heavy atom. The normalized spacial score (nSPS) is 9.67. The molecule has 0 aliphatic heterocycles. The maximum atomic E-state index is 11.2. The van der Waals surface area contributed by atoms with E-state index < -0.39 is 0 Å². The zero-order chi connectivity index (χ0) is 11.1. The number of ether oxygens (including phenoxy) is 1. The fraction of sp³-hybridized carbons (Fsp3) is 0.333. The molecule has 1 aromatic carbocycles. The van der Waals surface area contributed by atoms with Crippen molar-refractivity contribution < 1.29 is 14.3 Å². The first-order valence-corrected chi connectivity index (χ1v) is 5.02. The third-order valence-corrected chi connectivity index (χ3v) is 1.98. The van der Waals surface area contributed by atoms with Gasteiger partial charge in [0.25, 0.3) is 0 Å². The van der Waals surface area contributed by atoms with Crippen LogP contribution in [-0.4, -0.2) is 12.3 Å². The van der Waals surface area contributed by atoms with Gasteiger partial charge in [0.05, 0.1) is 0 Å². The summed E-state index contributed by atoms with van der Waals surface area (Å²) >= 11 is 0. The molecule has 15 heavy (non-hydrogen) atoms. The molecular weight excluding hydrogens is 192 g/mol. The minimum Gasteiger partial charge on any atom is -0.427 e. The summed E-state index contributed by atoms with van der Waals surface area (Å²) in [4.78, 5) is 21.6. The van der Waals surface area contributed by atoms with Crippen LogP contribution in [0.3, 0.4) is 0 Å². The number of carbonyl (C=O) groups excluding carboxylic acids is 2. The van der Waals surface area contributed by atoms with E-state index in [0.717, 1.165) is 19.1 Å². The van der Waals surface area contributed by atoms with Crippen molar-refractivity contribution in [3.63, 3.8) is 0 Å². The highest BCUT2D eigenvalue weighted by atomic mass is 16.5. The summed E-state index contributed by atoms with van der Waals surface area (Å²) in [6.07, 6.45) is 3.00. The first-order chi connectivity index (χ1) is 7.26. The molecule has 80 valence electrons. The molecule has 0 bridgehead atoms. The highest BCUT2D eigenvalue weighted by molar-refractivity contribution is 5.76. The van der Waals surface area contributed by atoms with E-state index in [4.69, 9.17) is 4.74 Å². The number of unbranched alkanes of at least 4 members (excludes halogenated alkanes) is 1. The monoisotopic (exact) mass is 206 g/mol. The van der Waals surface area contributed by atoms with E-state index >= 15 is 0 Å². The molecule has 0 aliphatic carbocycles. The Bertz CT molecular complexity index is 327. The summed E-state index contributed by atoms with van der Waals surface area (Å²) in [5, 5.41) is 0. The van der Waals surface area contributed by atoms with Gasteiger partial charge in [-0.2, -0.15) is 0 Å². The second kappa shape index (κ2) is 5.96. The largest absolute Gasteiger partial charge is 0.427 e. The fourth-order valence-electron chi connectivity index (χ4n) is 1.12. The first kappa shape index (κ1) is 11.4. The fourth-order valence-corrected chi connectivity index (χ4v) is 1.12. The Morgan fingerprint density at radius 2 is 2.00 bits per heavy atom. The second-order valence-corrected chi connectivity index (χ2v) is 3.26. The van der Waals surface area contributed by atoms with Crippen LogP contribution >= 0.6 is 0 Å². The third-order valence-electron chi connectivity index (χ3n) is 1.98. The average molecular weight is 206 g/mol. The molecule has 0 spiro atoms. The number of benzene rings is 1. The molecule has 1 aromatic rings. The van der Waals surface area contributed by atoms with Crippen LogP contribution in [0.25, 0.3) is 0 Å². The molecule has 0 saturated carbocycles. The van der Waals surface area contributed by atoms with E-state index in [0.29, 0.717) is 17.7 Å². The topological polar surface area (TPSA) is 43.4 Å². The van der Waals surface area contributed by atoms with Gasteiger partial charge in [-0.3, -0.25) is 9.59 Å². The third kappa shape index (κ3) is 3.94. The van der Waals surface area contributed by atoms with Crippen LogP contribution in [0.4, 0.5) is 0 Å². The Labute approximate surface area is 89.1 Å². The molecule has 0 aliphatic rings. The summed E-state index contributed by atoms with van der Waals surface area (Å²) in [6, 6.07) is 6.48. The van der Waals surface area contributed by atoms with Gasteiger partial charge in [0, 0.05) is 12.0 Å². The van der Waals surface area contributed by atoms with E-state index in [1.54, 1.807) is 24.3 Å². The van der Waals surface area contributed by atoms with Gasteiger partial charge in [-0.25, -0.2) is 0 Å². The minimum absolute atomic E-state index is 0.226. The number of rotatable bonds is 5. The van der Waals surface area contributed by atoms with Crippen molar-refractivity contribution in [1.82, 2.24) is 0 Å². The van der Waals surface area contributed by atoms with Gasteiger partial charge in [-0.1, -0.05) is 13.3 Å². The predicted octanol–water partition coefficient (Wildman–Crippen LogP) is 2.59. The van der Waals surface area contributed by atoms with Crippen molar-refractivity contribution in [2.45, 2.75) is 26.2 Å². The molecule has 1 rings (SSSR count). The maximum absolute atomic E-state index is 11.2. The zero-order valence-electron chi connectivity index (χ0n) is 8.73. The molecule has 0 heterocycles. The van der Waals surface area contributed by atoms with E-state index in [9.17, 15) is 9.59 Å². The van der Waals surface area contributed by atoms with Crippen molar-refractivity contribution in [1.29, 1.82) is 0 Å². The Hall–Kier alpha value is -1.64. The van der Waals surface area contributed by atoms with Crippen molar-refractivity contribution in [2.24, 2.45) is 0 Å². The Morgan fingerprint density at radius 1 is 1.33 bits per heavy atom. The number of hydrogen-bond donors (Lipinski definition) is 0. The average Bonchev–Trinajstić information content (AvgIpc) is 2.27.